The van der Waals surface area contributed by atoms with Crippen LogP contribution in [0.25, 0.3) is 11.3 Å². The van der Waals surface area contributed by atoms with Gasteiger partial charge in [0.1, 0.15) is 0 Å². The van der Waals surface area contributed by atoms with Crippen LogP contribution in [0.4, 0.5) is 5.13 Å². The number of nitrogens with zero attached hydrogens (tertiary/aromatic N) is 1. The van der Waals surface area contributed by atoms with E-state index in [-0.39, 0.29) is 5.91 Å². The number of aromatic nitrogens is 1. The smallest absolute Gasteiger partial charge is 0.242 e. The molecule has 98 valence electrons. The Morgan fingerprint density at radius 3 is 3.00 bits per heavy atom. The van der Waals surface area contributed by atoms with E-state index in [9.17, 15) is 4.79 Å². The van der Waals surface area contributed by atoms with E-state index in [0.717, 1.165) is 18.5 Å². The molecule has 0 aliphatic heterocycles. The van der Waals surface area contributed by atoms with E-state index in [2.05, 4.69) is 28.5 Å². The molecule has 1 heterocycles. The van der Waals surface area contributed by atoms with Crippen LogP contribution >= 0.6 is 11.3 Å². The van der Waals surface area contributed by atoms with Gasteiger partial charge in [-0.25, -0.2) is 4.98 Å². The van der Waals surface area contributed by atoms with Crippen molar-refractivity contribution >= 4 is 22.4 Å². The van der Waals surface area contributed by atoms with E-state index >= 15 is 0 Å². The Bertz CT molecular complexity index is 633. The Balaban J connectivity index is 1.95. The molecule has 0 unspecified atom stereocenters. The Morgan fingerprint density at radius 1 is 1.42 bits per heavy atom. The fourth-order valence-corrected chi connectivity index (χ4v) is 3.20. The molecule has 1 aromatic carbocycles. The second kappa shape index (κ2) is 4.75. The predicted octanol–water partition coefficient (Wildman–Crippen LogP) is 2.19. The normalized spacial score (nSPS) is 14.4. The van der Waals surface area contributed by atoms with E-state index < -0.39 is 6.04 Å². The number of anilines is 1. The summed E-state index contributed by atoms with van der Waals surface area (Å²) in [7, 11) is 0. The van der Waals surface area contributed by atoms with Gasteiger partial charge < -0.3 is 11.1 Å². The summed E-state index contributed by atoms with van der Waals surface area (Å²) in [4.78, 5) is 17.4. The number of carbonyl (C=O) groups excluding carboxylic acids is 1. The van der Waals surface area contributed by atoms with Crippen LogP contribution in [0.15, 0.2) is 24.3 Å². The molecule has 0 bridgehead atoms. The maximum atomic E-state index is 11.6. The first-order chi connectivity index (χ1) is 9.15. The van der Waals surface area contributed by atoms with Crippen molar-refractivity contribution in [3.8, 4) is 11.3 Å². The second-order valence-corrected chi connectivity index (χ2v) is 5.81. The van der Waals surface area contributed by atoms with Crippen molar-refractivity contribution < 1.29 is 4.79 Å². The van der Waals surface area contributed by atoms with Crippen LogP contribution in [0.3, 0.4) is 0 Å². The van der Waals surface area contributed by atoms with Crippen molar-refractivity contribution in [2.75, 3.05) is 5.32 Å². The van der Waals surface area contributed by atoms with E-state index in [1.165, 1.54) is 16.0 Å². The lowest BCUT2D eigenvalue weighted by Gasteiger charge is -2.13. The SMILES string of the molecule is C[C@H](N)C(=O)Nc1nc2c(s1)CCc1ccccc1-2. The van der Waals surface area contributed by atoms with Gasteiger partial charge in [0.2, 0.25) is 5.91 Å². The third kappa shape index (κ3) is 2.27. The molecule has 5 heteroatoms. The highest BCUT2D eigenvalue weighted by Crippen LogP contribution is 2.37. The maximum Gasteiger partial charge on any atom is 0.242 e. The van der Waals surface area contributed by atoms with Gasteiger partial charge in [-0.1, -0.05) is 24.3 Å². The number of thiazole rings is 1. The zero-order chi connectivity index (χ0) is 13.4. The number of aryl methyl sites for hydroxylation is 2. The minimum absolute atomic E-state index is 0.195. The average molecular weight is 273 g/mol. The van der Waals surface area contributed by atoms with Crippen molar-refractivity contribution in [3.63, 3.8) is 0 Å². The van der Waals surface area contributed by atoms with Crippen LogP contribution in [0, 0.1) is 0 Å². The number of amides is 1. The Morgan fingerprint density at radius 2 is 2.21 bits per heavy atom. The highest BCUT2D eigenvalue weighted by atomic mass is 32.1. The molecule has 0 saturated carbocycles. The third-order valence-electron chi connectivity index (χ3n) is 3.23. The molecule has 1 aliphatic carbocycles. The molecule has 1 amide bonds. The summed E-state index contributed by atoms with van der Waals surface area (Å²) in [5.74, 6) is -0.195. The standard InChI is InChI=1S/C14H15N3OS/c1-8(15)13(18)17-14-16-12-10-5-3-2-4-9(10)6-7-11(12)19-14/h2-5,8H,6-7,15H2,1H3,(H,16,17,18)/t8-/m0/s1. The number of fused-ring (bicyclic) bond motifs is 3. The summed E-state index contributed by atoms with van der Waals surface area (Å²) < 4.78 is 0. The van der Waals surface area contributed by atoms with Crippen LogP contribution in [0.5, 0.6) is 0 Å². The van der Waals surface area contributed by atoms with Crippen LogP contribution in [-0.2, 0) is 17.6 Å². The summed E-state index contributed by atoms with van der Waals surface area (Å²) in [5.41, 5.74) is 9.06. The van der Waals surface area contributed by atoms with Crippen molar-refractivity contribution in [1.82, 2.24) is 4.98 Å². The molecule has 0 saturated heterocycles. The van der Waals surface area contributed by atoms with Gasteiger partial charge in [-0.15, -0.1) is 11.3 Å². The van der Waals surface area contributed by atoms with E-state index in [1.54, 1.807) is 18.3 Å². The van der Waals surface area contributed by atoms with E-state index in [1.807, 2.05) is 6.07 Å². The van der Waals surface area contributed by atoms with Crippen molar-refractivity contribution in [3.05, 3.63) is 34.7 Å². The molecule has 4 nitrogen and oxygen atoms in total. The number of rotatable bonds is 2. The maximum absolute atomic E-state index is 11.6. The number of nitrogens with two attached hydrogens (primary N) is 1. The van der Waals surface area contributed by atoms with Crippen LogP contribution in [-0.4, -0.2) is 16.9 Å². The topological polar surface area (TPSA) is 68.0 Å². The molecule has 3 N–H and O–H groups in total. The van der Waals surface area contributed by atoms with Crippen LogP contribution in [0.1, 0.15) is 17.4 Å². The van der Waals surface area contributed by atoms with Crippen molar-refractivity contribution in [1.29, 1.82) is 0 Å². The van der Waals surface area contributed by atoms with Crippen molar-refractivity contribution in [2.45, 2.75) is 25.8 Å². The van der Waals surface area contributed by atoms with Gasteiger partial charge in [-0.2, -0.15) is 0 Å². The number of nitrogens with one attached hydrogen (secondary N) is 1. The van der Waals surface area contributed by atoms with Gasteiger partial charge in [0.25, 0.3) is 0 Å². The summed E-state index contributed by atoms with van der Waals surface area (Å²) in [6, 6.07) is 7.78. The Labute approximate surface area is 115 Å². The minimum Gasteiger partial charge on any atom is -0.320 e. The third-order valence-corrected chi connectivity index (χ3v) is 4.27. The zero-order valence-corrected chi connectivity index (χ0v) is 11.5. The van der Waals surface area contributed by atoms with Gasteiger partial charge in [0.15, 0.2) is 5.13 Å². The quantitative estimate of drug-likeness (QED) is 0.881. The molecule has 1 atom stereocenters. The first kappa shape index (κ1) is 12.3. The minimum atomic E-state index is -0.520. The highest BCUT2D eigenvalue weighted by molar-refractivity contribution is 7.16. The first-order valence-corrected chi connectivity index (χ1v) is 7.11. The molecule has 19 heavy (non-hydrogen) atoms. The summed E-state index contributed by atoms with van der Waals surface area (Å²) in [5, 5.41) is 3.42. The molecular weight excluding hydrogens is 258 g/mol. The summed E-state index contributed by atoms with van der Waals surface area (Å²) in [6.07, 6.45) is 2.02. The van der Waals surface area contributed by atoms with Gasteiger partial charge >= 0.3 is 0 Å². The first-order valence-electron chi connectivity index (χ1n) is 6.29. The Kier molecular flexibility index (Phi) is 3.08. The van der Waals surface area contributed by atoms with E-state index in [0.29, 0.717) is 5.13 Å². The monoisotopic (exact) mass is 273 g/mol. The fraction of sp³-hybridized carbons (Fsp3) is 0.286. The van der Waals surface area contributed by atoms with Crippen LogP contribution < -0.4 is 11.1 Å². The molecular formula is C14H15N3OS. The fourth-order valence-electron chi connectivity index (χ4n) is 2.22. The molecule has 0 spiro atoms. The van der Waals surface area contributed by atoms with Gasteiger partial charge in [-0.3, -0.25) is 4.79 Å². The predicted molar refractivity (Wildman–Crippen MR) is 77.2 cm³/mol. The van der Waals surface area contributed by atoms with Gasteiger partial charge in [0, 0.05) is 10.4 Å². The molecule has 1 aliphatic rings. The molecule has 1 aromatic heterocycles. The lowest BCUT2D eigenvalue weighted by Crippen LogP contribution is -2.32. The largest absolute Gasteiger partial charge is 0.320 e. The highest BCUT2D eigenvalue weighted by Gasteiger charge is 2.21. The molecule has 2 aromatic rings. The molecule has 0 radical (unpaired) electrons. The average Bonchev–Trinajstić information content (AvgIpc) is 2.81. The van der Waals surface area contributed by atoms with Crippen molar-refractivity contribution in [2.24, 2.45) is 5.73 Å². The molecule has 0 fully saturated rings. The number of hydrogen-bond donors (Lipinski definition) is 2. The number of benzene rings is 1. The number of carbonyl (C=O) groups is 1. The molecule has 3 rings (SSSR count). The van der Waals surface area contributed by atoms with Gasteiger partial charge in [0.05, 0.1) is 11.7 Å². The second-order valence-electron chi connectivity index (χ2n) is 4.73. The Hall–Kier alpha value is -1.72. The summed E-state index contributed by atoms with van der Waals surface area (Å²) in [6.45, 7) is 1.66. The van der Waals surface area contributed by atoms with Crippen LogP contribution in [0.2, 0.25) is 0 Å². The lowest BCUT2D eigenvalue weighted by molar-refractivity contribution is -0.117. The number of hydrogen-bond acceptors (Lipinski definition) is 4. The van der Waals surface area contributed by atoms with E-state index in [4.69, 9.17) is 5.73 Å². The zero-order valence-electron chi connectivity index (χ0n) is 10.6. The summed E-state index contributed by atoms with van der Waals surface area (Å²) >= 11 is 1.55. The lowest BCUT2D eigenvalue weighted by atomic mass is 9.94. The van der Waals surface area contributed by atoms with Gasteiger partial charge in [-0.05, 0) is 25.3 Å².